The molecule has 0 saturated carbocycles. The van der Waals surface area contributed by atoms with Gasteiger partial charge in [0.1, 0.15) is 5.82 Å². The zero-order valence-electron chi connectivity index (χ0n) is 10.2. The second-order valence-corrected chi connectivity index (χ2v) is 6.48. The molecule has 2 unspecified atom stereocenters. The molecule has 1 aromatic heterocycles. The van der Waals surface area contributed by atoms with Gasteiger partial charge < -0.3 is 5.73 Å². The van der Waals surface area contributed by atoms with Crippen molar-refractivity contribution in [1.29, 1.82) is 0 Å². The fourth-order valence-corrected chi connectivity index (χ4v) is 3.94. The van der Waals surface area contributed by atoms with Crippen molar-refractivity contribution in [2.45, 2.75) is 28.8 Å². The topological polar surface area (TPSA) is 26.0 Å². The zero-order valence-corrected chi connectivity index (χ0v) is 11.8. The summed E-state index contributed by atoms with van der Waals surface area (Å²) in [6.45, 7) is 2.08. The minimum atomic E-state index is -0.205. The average Bonchev–Trinajstić information content (AvgIpc) is 2.89. The molecule has 0 aliphatic carbocycles. The van der Waals surface area contributed by atoms with Gasteiger partial charge in [-0.25, -0.2) is 4.39 Å². The summed E-state index contributed by atoms with van der Waals surface area (Å²) < 4.78 is 14.2. The molecular formula is C14H16FNS2. The lowest BCUT2D eigenvalue weighted by atomic mass is 10.0. The SMILES string of the molecule is CCC(N)C(Sc1cccs1)c1ccc(F)cc1. The molecule has 18 heavy (non-hydrogen) atoms. The molecule has 0 spiro atoms. The Morgan fingerprint density at radius 2 is 2.00 bits per heavy atom. The molecule has 2 rings (SSSR count). The predicted molar refractivity (Wildman–Crippen MR) is 77.6 cm³/mol. The van der Waals surface area contributed by atoms with Crippen LogP contribution in [0, 0.1) is 5.82 Å². The molecule has 0 saturated heterocycles. The lowest BCUT2D eigenvalue weighted by Crippen LogP contribution is -2.25. The minimum Gasteiger partial charge on any atom is -0.326 e. The maximum absolute atomic E-state index is 13.0. The van der Waals surface area contributed by atoms with Gasteiger partial charge in [-0.2, -0.15) is 0 Å². The Hall–Kier alpha value is -0.840. The lowest BCUT2D eigenvalue weighted by Gasteiger charge is -2.22. The van der Waals surface area contributed by atoms with E-state index in [0.29, 0.717) is 0 Å². The first-order valence-corrected chi connectivity index (χ1v) is 7.68. The molecule has 1 aromatic carbocycles. The van der Waals surface area contributed by atoms with E-state index >= 15 is 0 Å². The number of rotatable bonds is 5. The van der Waals surface area contributed by atoms with E-state index in [0.717, 1.165) is 12.0 Å². The van der Waals surface area contributed by atoms with Crippen LogP contribution in [0.1, 0.15) is 24.2 Å². The first-order chi connectivity index (χ1) is 8.70. The second kappa shape index (κ2) is 6.36. The number of thiophene rings is 1. The first kappa shape index (κ1) is 13.6. The van der Waals surface area contributed by atoms with E-state index in [2.05, 4.69) is 18.4 Å². The van der Waals surface area contributed by atoms with Crippen molar-refractivity contribution in [3.05, 3.63) is 53.2 Å². The molecule has 0 amide bonds. The van der Waals surface area contributed by atoms with Gasteiger partial charge in [0.25, 0.3) is 0 Å². The average molecular weight is 281 g/mol. The Bertz CT molecular complexity index is 467. The third-order valence-electron chi connectivity index (χ3n) is 2.80. The van der Waals surface area contributed by atoms with Crippen LogP contribution in [-0.2, 0) is 0 Å². The summed E-state index contributed by atoms with van der Waals surface area (Å²) in [6.07, 6.45) is 0.903. The van der Waals surface area contributed by atoms with E-state index in [-0.39, 0.29) is 17.1 Å². The molecule has 1 nitrogen and oxygen atoms in total. The van der Waals surface area contributed by atoms with Crippen molar-refractivity contribution < 1.29 is 4.39 Å². The molecule has 2 N–H and O–H groups in total. The van der Waals surface area contributed by atoms with E-state index in [1.807, 2.05) is 18.2 Å². The largest absolute Gasteiger partial charge is 0.326 e. The van der Waals surface area contributed by atoms with E-state index < -0.39 is 0 Å². The summed E-state index contributed by atoms with van der Waals surface area (Å²) in [5.74, 6) is -0.205. The van der Waals surface area contributed by atoms with E-state index in [4.69, 9.17) is 5.73 Å². The summed E-state index contributed by atoms with van der Waals surface area (Å²) in [4.78, 5) is 0. The number of nitrogens with two attached hydrogens (primary N) is 1. The van der Waals surface area contributed by atoms with E-state index in [1.54, 1.807) is 23.1 Å². The van der Waals surface area contributed by atoms with E-state index in [1.165, 1.54) is 16.3 Å². The Morgan fingerprint density at radius 1 is 1.28 bits per heavy atom. The van der Waals surface area contributed by atoms with Crippen molar-refractivity contribution in [1.82, 2.24) is 0 Å². The minimum absolute atomic E-state index is 0.0718. The third kappa shape index (κ3) is 3.34. The Balaban J connectivity index is 2.22. The van der Waals surface area contributed by atoms with Gasteiger partial charge in [0.2, 0.25) is 0 Å². The lowest BCUT2D eigenvalue weighted by molar-refractivity contribution is 0.618. The molecule has 4 heteroatoms. The molecule has 96 valence electrons. The molecule has 0 bridgehead atoms. The van der Waals surface area contributed by atoms with Crippen molar-refractivity contribution in [2.24, 2.45) is 5.73 Å². The summed E-state index contributed by atoms with van der Waals surface area (Å²) in [7, 11) is 0. The van der Waals surface area contributed by atoms with Gasteiger partial charge in [-0.05, 0) is 35.6 Å². The molecular weight excluding hydrogens is 265 g/mol. The van der Waals surface area contributed by atoms with Crippen molar-refractivity contribution >= 4 is 23.1 Å². The highest BCUT2D eigenvalue weighted by Gasteiger charge is 2.20. The maximum Gasteiger partial charge on any atom is 0.123 e. The van der Waals surface area contributed by atoms with Gasteiger partial charge in [-0.1, -0.05) is 25.1 Å². The van der Waals surface area contributed by atoms with Gasteiger partial charge in [-0.3, -0.25) is 0 Å². The Morgan fingerprint density at radius 3 is 2.56 bits per heavy atom. The van der Waals surface area contributed by atoms with Crippen molar-refractivity contribution in [2.75, 3.05) is 0 Å². The van der Waals surface area contributed by atoms with Gasteiger partial charge in [-0.15, -0.1) is 23.1 Å². The normalized spacial score (nSPS) is 14.4. The summed E-state index contributed by atoms with van der Waals surface area (Å²) in [5.41, 5.74) is 7.28. The molecule has 0 aliphatic heterocycles. The molecule has 2 atom stereocenters. The monoisotopic (exact) mass is 281 g/mol. The van der Waals surface area contributed by atoms with Crippen LogP contribution in [0.4, 0.5) is 4.39 Å². The summed E-state index contributed by atoms with van der Waals surface area (Å²) in [6, 6.07) is 10.9. The Labute approximate surface area is 115 Å². The van der Waals surface area contributed by atoms with Crippen LogP contribution in [0.2, 0.25) is 0 Å². The van der Waals surface area contributed by atoms with Crippen molar-refractivity contribution in [3.8, 4) is 0 Å². The number of benzene rings is 1. The van der Waals surface area contributed by atoms with Gasteiger partial charge >= 0.3 is 0 Å². The van der Waals surface area contributed by atoms with Crippen LogP contribution in [0.3, 0.4) is 0 Å². The van der Waals surface area contributed by atoms with Crippen molar-refractivity contribution in [3.63, 3.8) is 0 Å². The number of thioether (sulfide) groups is 1. The zero-order chi connectivity index (χ0) is 13.0. The summed E-state index contributed by atoms with van der Waals surface area (Å²) in [5, 5.41) is 2.23. The third-order valence-corrected chi connectivity index (χ3v) is 5.28. The van der Waals surface area contributed by atoms with Crippen LogP contribution in [0.5, 0.6) is 0 Å². The smallest absolute Gasteiger partial charge is 0.123 e. The number of halogens is 1. The van der Waals surface area contributed by atoms with Crippen LogP contribution < -0.4 is 5.73 Å². The maximum atomic E-state index is 13.0. The Kier molecular flexibility index (Phi) is 4.80. The highest BCUT2D eigenvalue weighted by Crippen LogP contribution is 2.40. The van der Waals surface area contributed by atoms with Gasteiger partial charge in [0.05, 0.1) is 9.46 Å². The predicted octanol–water partition coefficient (Wildman–Crippen LogP) is 4.46. The van der Waals surface area contributed by atoms with Gasteiger partial charge in [0, 0.05) is 6.04 Å². The van der Waals surface area contributed by atoms with E-state index in [9.17, 15) is 4.39 Å². The number of hydrogen-bond acceptors (Lipinski definition) is 3. The molecule has 2 aromatic rings. The second-order valence-electron chi connectivity index (χ2n) is 4.09. The molecule has 0 radical (unpaired) electrons. The highest BCUT2D eigenvalue weighted by atomic mass is 32.2. The summed E-state index contributed by atoms with van der Waals surface area (Å²) >= 11 is 3.47. The molecule has 0 aliphatic rings. The standard InChI is InChI=1S/C14H16FNS2/c1-2-12(16)14(18-13-4-3-9-17-13)10-5-7-11(15)8-6-10/h3-9,12,14H,2,16H2,1H3. The number of hydrogen-bond donors (Lipinski definition) is 1. The van der Waals surface area contributed by atoms with Crippen LogP contribution >= 0.6 is 23.1 Å². The molecule has 1 heterocycles. The van der Waals surface area contributed by atoms with Crippen LogP contribution in [0.15, 0.2) is 46.0 Å². The van der Waals surface area contributed by atoms with Gasteiger partial charge in [0.15, 0.2) is 0 Å². The van der Waals surface area contributed by atoms with Crippen LogP contribution in [0.25, 0.3) is 0 Å². The van der Waals surface area contributed by atoms with Crippen LogP contribution in [-0.4, -0.2) is 6.04 Å². The quantitative estimate of drug-likeness (QED) is 0.819. The molecule has 0 fully saturated rings. The highest BCUT2D eigenvalue weighted by molar-refractivity contribution is 8.01. The first-order valence-electron chi connectivity index (χ1n) is 5.92. The fourth-order valence-electron chi connectivity index (χ4n) is 1.72. The fraction of sp³-hybridized carbons (Fsp3) is 0.286.